The van der Waals surface area contributed by atoms with Crippen LogP contribution in [0.25, 0.3) is 0 Å². The Labute approximate surface area is 87.3 Å². The quantitative estimate of drug-likeness (QED) is 0.799. The molecule has 0 spiro atoms. The van der Waals surface area contributed by atoms with Crippen molar-refractivity contribution in [2.75, 3.05) is 0 Å². The van der Waals surface area contributed by atoms with Crippen LogP contribution in [0.3, 0.4) is 0 Å². The fourth-order valence-electron chi connectivity index (χ4n) is 1.36. The molecule has 0 bridgehead atoms. The third-order valence-electron chi connectivity index (χ3n) is 2.15. The molecule has 3 nitrogen and oxygen atoms in total. The molecule has 0 unspecified atom stereocenters. The van der Waals surface area contributed by atoms with Gasteiger partial charge in [0.15, 0.2) is 0 Å². The number of halogens is 1. The molecule has 4 heteroatoms. The van der Waals surface area contributed by atoms with Crippen molar-refractivity contribution in [2.24, 2.45) is 0 Å². The molecule has 0 fully saturated rings. The molecule has 2 N–H and O–H groups in total. The third kappa shape index (κ3) is 2.63. The summed E-state index contributed by atoms with van der Waals surface area (Å²) in [6.07, 6.45) is 1.69. The van der Waals surface area contributed by atoms with Crippen molar-refractivity contribution in [3.8, 4) is 0 Å². The lowest BCUT2D eigenvalue weighted by atomic mass is 10.2. The highest BCUT2D eigenvalue weighted by atomic mass is 19.1. The molecule has 0 aliphatic carbocycles. The van der Waals surface area contributed by atoms with E-state index in [4.69, 9.17) is 0 Å². The molecule has 0 radical (unpaired) electrons. The van der Waals surface area contributed by atoms with E-state index in [-0.39, 0.29) is 5.82 Å². The Balaban J connectivity index is 1.86. The van der Waals surface area contributed by atoms with E-state index in [1.807, 2.05) is 12.1 Å². The Morgan fingerprint density at radius 2 is 2.07 bits per heavy atom. The van der Waals surface area contributed by atoms with Crippen LogP contribution in [0.4, 0.5) is 4.39 Å². The van der Waals surface area contributed by atoms with Gasteiger partial charge in [-0.15, -0.1) is 0 Å². The van der Waals surface area contributed by atoms with Crippen LogP contribution in [0.5, 0.6) is 0 Å². The van der Waals surface area contributed by atoms with Crippen LogP contribution >= 0.6 is 0 Å². The summed E-state index contributed by atoms with van der Waals surface area (Å²) >= 11 is 0. The number of benzene rings is 1. The Kier molecular flexibility index (Phi) is 3.09. The van der Waals surface area contributed by atoms with Crippen molar-refractivity contribution in [1.29, 1.82) is 0 Å². The van der Waals surface area contributed by atoms with Crippen LogP contribution in [-0.2, 0) is 13.1 Å². The Morgan fingerprint density at radius 3 is 2.80 bits per heavy atom. The molecule has 0 aliphatic heterocycles. The van der Waals surface area contributed by atoms with E-state index in [0.29, 0.717) is 18.7 Å². The van der Waals surface area contributed by atoms with Crippen molar-refractivity contribution in [2.45, 2.75) is 13.1 Å². The zero-order valence-corrected chi connectivity index (χ0v) is 8.20. The van der Waals surface area contributed by atoms with E-state index in [1.165, 1.54) is 6.07 Å². The molecule has 0 aliphatic rings. The first-order valence-corrected chi connectivity index (χ1v) is 4.78. The minimum atomic E-state index is -0.172. The highest BCUT2D eigenvalue weighted by molar-refractivity contribution is 5.17. The van der Waals surface area contributed by atoms with Gasteiger partial charge in [0.05, 0.1) is 0 Å². The molecule has 2 rings (SSSR count). The van der Waals surface area contributed by atoms with E-state index in [1.54, 1.807) is 18.3 Å². The maximum atomic E-state index is 13.2. The number of nitrogens with one attached hydrogen (secondary N) is 2. The largest absolute Gasteiger partial charge is 0.307 e. The fourth-order valence-corrected chi connectivity index (χ4v) is 1.36. The number of rotatable bonds is 4. The SMILES string of the molecule is Fc1ccccc1CNCc1ccn[nH]1. The second-order valence-electron chi connectivity index (χ2n) is 3.28. The monoisotopic (exact) mass is 205 g/mol. The second-order valence-corrected chi connectivity index (χ2v) is 3.28. The first-order chi connectivity index (χ1) is 7.36. The number of hydrogen-bond donors (Lipinski definition) is 2. The Bertz CT molecular complexity index is 412. The number of aromatic nitrogens is 2. The standard InChI is InChI=1S/C11H12FN3/c12-11-4-2-1-3-9(11)7-13-8-10-5-6-14-15-10/h1-6,13H,7-8H2,(H,14,15). The van der Waals surface area contributed by atoms with Gasteiger partial charge in [-0.05, 0) is 12.1 Å². The molecule has 0 atom stereocenters. The molecule has 0 saturated heterocycles. The Morgan fingerprint density at radius 1 is 1.20 bits per heavy atom. The highest BCUT2D eigenvalue weighted by Gasteiger charge is 1.99. The number of aromatic amines is 1. The lowest BCUT2D eigenvalue weighted by Crippen LogP contribution is -2.13. The van der Waals surface area contributed by atoms with Gasteiger partial charge in [0.1, 0.15) is 5.82 Å². The summed E-state index contributed by atoms with van der Waals surface area (Å²) in [5.74, 6) is -0.172. The molecule has 0 amide bonds. The van der Waals surface area contributed by atoms with Gasteiger partial charge in [0.25, 0.3) is 0 Å². The number of H-pyrrole nitrogens is 1. The fraction of sp³-hybridized carbons (Fsp3) is 0.182. The predicted octanol–water partition coefficient (Wildman–Crippen LogP) is 1.84. The van der Waals surface area contributed by atoms with Crippen LogP contribution in [-0.4, -0.2) is 10.2 Å². The van der Waals surface area contributed by atoms with Crippen molar-refractivity contribution in [3.63, 3.8) is 0 Å². The molecule has 1 aromatic carbocycles. The summed E-state index contributed by atoms with van der Waals surface area (Å²) < 4.78 is 13.2. The van der Waals surface area contributed by atoms with Crippen molar-refractivity contribution in [3.05, 3.63) is 53.6 Å². The van der Waals surface area contributed by atoms with E-state index in [0.717, 1.165) is 5.69 Å². The molecule has 2 aromatic rings. The van der Waals surface area contributed by atoms with Gasteiger partial charge < -0.3 is 5.32 Å². The lowest BCUT2D eigenvalue weighted by Gasteiger charge is -2.04. The van der Waals surface area contributed by atoms with E-state index < -0.39 is 0 Å². The van der Waals surface area contributed by atoms with Crippen LogP contribution < -0.4 is 5.32 Å². The molecule has 1 heterocycles. The van der Waals surface area contributed by atoms with Gasteiger partial charge in [-0.25, -0.2) is 4.39 Å². The molecule has 1 aromatic heterocycles. The van der Waals surface area contributed by atoms with E-state index in [9.17, 15) is 4.39 Å². The average molecular weight is 205 g/mol. The van der Waals surface area contributed by atoms with Crippen molar-refractivity contribution in [1.82, 2.24) is 15.5 Å². The zero-order chi connectivity index (χ0) is 10.5. The van der Waals surface area contributed by atoms with Gasteiger partial charge in [0.2, 0.25) is 0 Å². The summed E-state index contributed by atoms with van der Waals surface area (Å²) in [7, 11) is 0. The predicted molar refractivity (Wildman–Crippen MR) is 55.5 cm³/mol. The molecule has 0 saturated carbocycles. The number of nitrogens with zero attached hydrogens (tertiary/aromatic N) is 1. The van der Waals surface area contributed by atoms with Crippen molar-refractivity contribution >= 4 is 0 Å². The maximum absolute atomic E-state index is 13.2. The highest BCUT2D eigenvalue weighted by Crippen LogP contribution is 2.05. The summed E-state index contributed by atoms with van der Waals surface area (Å²) in [5.41, 5.74) is 1.67. The van der Waals surface area contributed by atoms with E-state index in [2.05, 4.69) is 15.5 Å². The van der Waals surface area contributed by atoms with Gasteiger partial charge in [-0.3, -0.25) is 5.10 Å². The number of hydrogen-bond acceptors (Lipinski definition) is 2. The lowest BCUT2D eigenvalue weighted by molar-refractivity contribution is 0.585. The van der Waals surface area contributed by atoms with Gasteiger partial charge in [0, 0.05) is 30.5 Å². The average Bonchev–Trinajstić information content (AvgIpc) is 2.74. The van der Waals surface area contributed by atoms with E-state index >= 15 is 0 Å². The zero-order valence-electron chi connectivity index (χ0n) is 8.20. The molecule has 15 heavy (non-hydrogen) atoms. The van der Waals surface area contributed by atoms with Crippen LogP contribution in [0.15, 0.2) is 36.5 Å². The summed E-state index contributed by atoms with van der Waals surface area (Å²) in [5, 5.41) is 9.79. The van der Waals surface area contributed by atoms with Crippen LogP contribution in [0, 0.1) is 5.82 Å². The van der Waals surface area contributed by atoms with Gasteiger partial charge in [-0.1, -0.05) is 18.2 Å². The van der Waals surface area contributed by atoms with Gasteiger partial charge in [-0.2, -0.15) is 5.10 Å². The molecule has 78 valence electrons. The normalized spacial score (nSPS) is 10.5. The Hall–Kier alpha value is -1.68. The summed E-state index contributed by atoms with van der Waals surface area (Å²) in [6.45, 7) is 1.18. The first kappa shape index (κ1) is 9.86. The summed E-state index contributed by atoms with van der Waals surface area (Å²) in [4.78, 5) is 0. The van der Waals surface area contributed by atoms with Crippen LogP contribution in [0.1, 0.15) is 11.3 Å². The second kappa shape index (κ2) is 4.70. The molecular formula is C11H12FN3. The van der Waals surface area contributed by atoms with Gasteiger partial charge >= 0.3 is 0 Å². The maximum Gasteiger partial charge on any atom is 0.127 e. The topological polar surface area (TPSA) is 40.7 Å². The van der Waals surface area contributed by atoms with Crippen molar-refractivity contribution < 1.29 is 4.39 Å². The van der Waals surface area contributed by atoms with Crippen LogP contribution in [0.2, 0.25) is 0 Å². The first-order valence-electron chi connectivity index (χ1n) is 4.78. The third-order valence-corrected chi connectivity index (χ3v) is 2.15. The summed E-state index contributed by atoms with van der Waals surface area (Å²) in [6, 6.07) is 8.64. The molecular weight excluding hydrogens is 193 g/mol. The smallest absolute Gasteiger partial charge is 0.127 e. The minimum Gasteiger partial charge on any atom is -0.307 e. The minimum absolute atomic E-state index is 0.172.